The molecule has 0 saturated heterocycles. The summed E-state index contributed by atoms with van der Waals surface area (Å²) in [5.74, 6) is 1.49. The van der Waals surface area contributed by atoms with Crippen LogP contribution in [-0.4, -0.2) is 11.0 Å². The molecule has 2 rings (SSSR count). The van der Waals surface area contributed by atoms with Crippen molar-refractivity contribution in [3.05, 3.63) is 53.2 Å². The lowest BCUT2D eigenvalue weighted by Crippen LogP contribution is -2.21. The number of rotatable bonds is 5. The molecule has 0 fully saturated rings. The van der Waals surface area contributed by atoms with Crippen LogP contribution >= 0.6 is 0 Å². The predicted molar refractivity (Wildman–Crippen MR) is 82.2 cm³/mol. The van der Waals surface area contributed by atoms with Crippen LogP contribution in [0.3, 0.4) is 0 Å². The van der Waals surface area contributed by atoms with E-state index in [9.17, 15) is 0 Å². The molecule has 20 heavy (non-hydrogen) atoms. The molecule has 0 radical (unpaired) electrons. The van der Waals surface area contributed by atoms with Crippen molar-refractivity contribution in [3.63, 3.8) is 0 Å². The maximum atomic E-state index is 5.81. The number of nitrogens with one attached hydrogen (secondary N) is 1. The molecule has 106 valence electrons. The lowest BCUT2D eigenvalue weighted by molar-refractivity contribution is 0.458. The van der Waals surface area contributed by atoms with Gasteiger partial charge >= 0.3 is 0 Å². The topological polar surface area (TPSA) is 34.1 Å². The second-order valence-corrected chi connectivity index (χ2v) is 5.41. The summed E-state index contributed by atoms with van der Waals surface area (Å²) in [6.07, 6.45) is 1.86. The van der Waals surface area contributed by atoms with Gasteiger partial charge in [0.25, 0.3) is 0 Å². The van der Waals surface area contributed by atoms with Crippen LogP contribution < -0.4 is 10.1 Å². The van der Waals surface area contributed by atoms with Crippen LogP contribution in [0.2, 0.25) is 0 Å². The molecule has 1 aromatic carbocycles. The lowest BCUT2D eigenvalue weighted by atomic mass is 10.1. The molecule has 0 aliphatic rings. The molecule has 0 spiro atoms. The first kappa shape index (κ1) is 14.5. The molecular formula is C17H22N2O. The fourth-order valence-electron chi connectivity index (χ4n) is 1.92. The second-order valence-electron chi connectivity index (χ2n) is 5.41. The van der Waals surface area contributed by atoms with Gasteiger partial charge in [-0.25, -0.2) is 4.98 Å². The molecule has 3 nitrogen and oxygen atoms in total. The quantitative estimate of drug-likeness (QED) is 0.892. The molecule has 2 aromatic rings. The standard InChI is InChI=1S/C17H22N2O/c1-12(2)18-10-15-6-8-17(19-11-15)20-16-7-5-13(3)9-14(16)4/h5-9,11-12,18H,10H2,1-4H3. The maximum absolute atomic E-state index is 5.81. The zero-order chi connectivity index (χ0) is 14.5. The average molecular weight is 270 g/mol. The Morgan fingerprint density at radius 2 is 1.95 bits per heavy atom. The van der Waals surface area contributed by atoms with Crippen molar-refractivity contribution in [1.29, 1.82) is 0 Å². The average Bonchev–Trinajstić information content (AvgIpc) is 2.41. The number of aromatic nitrogens is 1. The summed E-state index contributed by atoms with van der Waals surface area (Å²) >= 11 is 0. The minimum Gasteiger partial charge on any atom is -0.439 e. The molecule has 1 N–H and O–H groups in total. The fourth-order valence-corrected chi connectivity index (χ4v) is 1.92. The van der Waals surface area contributed by atoms with Crippen molar-refractivity contribution < 1.29 is 4.74 Å². The Hall–Kier alpha value is -1.87. The van der Waals surface area contributed by atoms with E-state index < -0.39 is 0 Å². The molecule has 0 bridgehead atoms. The van der Waals surface area contributed by atoms with Gasteiger partial charge in [-0.2, -0.15) is 0 Å². The highest BCUT2D eigenvalue weighted by Crippen LogP contribution is 2.24. The smallest absolute Gasteiger partial charge is 0.219 e. The molecule has 0 saturated carbocycles. The summed E-state index contributed by atoms with van der Waals surface area (Å²) in [6, 6.07) is 10.6. The summed E-state index contributed by atoms with van der Waals surface area (Å²) < 4.78 is 5.81. The Bertz CT molecular complexity index is 562. The Labute approximate surface area is 121 Å². The number of aryl methyl sites for hydroxylation is 2. The van der Waals surface area contributed by atoms with Gasteiger partial charge in [0.2, 0.25) is 5.88 Å². The van der Waals surface area contributed by atoms with Crippen LogP contribution in [0, 0.1) is 13.8 Å². The molecule has 0 atom stereocenters. The summed E-state index contributed by atoms with van der Waals surface area (Å²) in [5, 5.41) is 3.37. The van der Waals surface area contributed by atoms with Gasteiger partial charge in [-0.05, 0) is 31.0 Å². The van der Waals surface area contributed by atoms with Gasteiger partial charge in [-0.3, -0.25) is 0 Å². The Kier molecular flexibility index (Phi) is 4.74. The highest BCUT2D eigenvalue weighted by atomic mass is 16.5. The van der Waals surface area contributed by atoms with Crippen molar-refractivity contribution in [2.24, 2.45) is 0 Å². The zero-order valence-corrected chi connectivity index (χ0v) is 12.6. The zero-order valence-electron chi connectivity index (χ0n) is 12.6. The summed E-state index contributed by atoms with van der Waals surface area (Å²) in [5.41, 5.74) is 3.52. The monoisotopic (exact) mass is 270 g/mol. The van der Waals surface area contributed by atoms with E-state index in [1.807, 2.05) is 37.4 Å². The predicted octanol–water partition coefficient (Wildman–Crippen LogP) is 3.99. The van der Waals surface area contributed by atoms with Gasteiger partial charge in [0.1, 0.15) is 5.75 Å². The summed E-state index contributed by atoms with van der Waals surface area (Å²) in [6.45, 7) is 9.21. The van der Waals surface area contributed by atoms with Crippen molar-refractivity contribution >= 4 is 0 Å². The molecule has 1 aromatic heterocycles. The van der Waals surface area contributed by atoms with Crippen LogP contribution in [0.4, 0.5) is 0 Å². The Balaban J connectivity index is 2.03. The molecule has 1 heterocycles. The second kappa shape index (κ2) is 6.53. The van der Waals surface area contributed by atoms with E-state index in [1.165, 1.54) is 5.56 Å². The van der Waals surface area contributed by atoms with Crippen LogP contribution in [0.1, 0.15) is 30.5 Å². The molecule has 0 aliphatic carbocycles. The number of ether oxygens (including phenoxy) is 1. The molecule has 0 aliphatic heterocycles. The minimum absolute atomic E-state index is 0.473. The van der Waals surface area contributed by atoms with Crippen molar-refractivity contribution in [3.8, 4) is 11.6 Å². The fraction of sp³-hybridized carbons (Fsp3) is 0.353. The van der Waals surface area contributed by atoms with Gasteiger partial charge in [0, 0.05) is 24.8 Å². The first-order valence-electron chi connectivity index (χ1n) is 6.98. The van der Waals surface area contributed by atoms with Crippen molar-refractivity contribution in [2.45, 2.75) is 40.3 Å². The summed E-state index contributed by atoms with van der Waals surface area (Å²) in [4.78, 5) is 4.35. The van der Waals surface area contributed by atoms with E-state index in [0.29, 0.717) is 11.9 Å². The van der Waals surface area contributed by atoms with Crippen molar-refractivity contribution in [2.75, 3.05) is 0 Å². The third-order valence-corrected chi connectivity index (χ3v) is 3.06. The minimum atomic E-state index is 0.473. The molecule has 0 amide bonds. The Morgan fingerprint density at radius 1 is 1.15 bits per heavy atom. The van der Waals surface area contributed by atoms with Gasteiger partial charge in [0.05, 0.1) is 0 Å². The SMILES string of the molecule is Cc1ccc(Oc2ccc(CNC(C)C)cn2)c(C)c1. The van der Waals surface area contributed by atoms with Crippen LogP contribution in [-0.2, 0) is 6.54 Å². The molecular weight excluding hydrogens is 248 g/mol. The number of benzene rings is 1. The van der Waals surface area contributed by atoms with Gasteiger partial charge in [-0.1, -0.05) is 37.6 Å². The lowest BCUT2D eigenvalue weighted by Gasteiger charge is -2.10. The molecule has 0 unspecified atom stereocenters. The molecule has 3 heteroatoms. The third kappa shape index (κ3) is 4.07. The van der Waals surface area contributed by atoms with Gasteiger partial charge in [0.15, 0.2) is 0 Å². The number of pyridine rings is 1. The van der Waals surface area contributed by atoms with Crippen LogP contribution in [0.5, 0.6) is 11.6 Å². The highest BCUT2D eigenvalue weighted by molar-refractivity contribution is 5.38. The number of nitrogens with zero attached hydrogens (tertiary/aromatic N) is 1. The van der Waals surface area contributed by atoms with E-state index in [0.717, 1.165) is 23.4 Å². The highest BCUT2D eigenvalue weighted by Gasteiger charge is 2.03. The van der Waals surface area contributed by atoms with Crippen LogP contribution in [0.25, 0.3) is 0 Å². The largest absolute Gasteiger partial charge is 0.439 e. The normalized spacial score (nSPS) is 10.8. The number of hydrogen-bond donors (Lipinski definition) is 1. The van der Waals surface area contributed by atoms with Gasteiger partial charge < -0.3 is 10.1 Å². The first-order valence-corrected chi connectivity index (χ1v) is 6.98. The van der Waals surface area contributed by atoms with Crippen LogP contribution in [0.15, 0.2) is 36.5 Å². The first-order chi connectivity index (χ1) is 9.54. The van der Waals surface area contributed by atoms with Crippen molar-refractivity contribution in [1.82, 2.24) is 10.3 Å². The van der Waals surface area contributed by atoms with E-state index in [-0.39, 0.29) is 0 Å². The number of hydrogen-bond acceptors (Lipinski definition) is 3. The maximum Gasteiger partial charge on any atom is 0.219 e. The van der Waals surface area contributed by atoms with E-state index in [4.69, 9.17) is 4.74 Å². The van der Waals surface area contributed by atoms with E-state index in [1.54, 1.807) is 0 Å². The van der Waals surface area contributed by atoms with E-state index in [2.05, 4.69) is 37.1 Å². The van der Waals surface area contributed by atoms with E-state index >= 15 is 0 Å². The Morgan fingerprint density at radius 3 is 2.55 bits per heavy atom. The summed E-state index contributed by atoms with van der Waals surface area (Å²) in [7, 11) is 0. The van der Waals surface area contributed by atoms with Gasteiger partial charge in [-0.15, -0.1) is 0 Å². The third-order valence-electron chi connectivity index (χ3n) is 3.06.